The van der Waals surface area contributed by atoms with E-state index in [2.05, 4.69) is 52.1 Å². The third kappa shape index (κ3) is 28.5. The number of nitrogens with one attached hydrogen (secondary N) is 6. The number of hydrogen-bond acceptors (Lipinski definition) is 34. The van der Waals surface area contributed by atoms with Crippen molar-refractivity contribution in [2.24, 2.45) is 0 Å². The summed E-state index contributed by atoms with van der Waals surface area (Å²) in [5, 5.41) is 71.9. The zero-order valence-corrected chi connectivity index (χ0v) is 83.4. The Morgan fingerprint density at radius 1 is 0.321 bits per heavy atom. The number of aliphatic hydroxyl groups excluding tert-OH is 8. The van der Waals surface area contributed by atoms with Crippen LogP contribution in [-0.4, -0.2) is 264 Å². The fourth-order valence-corrected chi connectivity index (χ4v) is 18.3. The average molecular weight is 2180 g/mol. The molecule has 16 heterocycles. The third-order valence-corrected chi connectivity index (χ3v) is 25.4. The molecule has 0 aromatic carbocycles. The Morgan fingerprint density at radius 2 is 0.586 bits per heavy atom. The van der Waals surface area contributed by atoms with E-state index < -0.39 is 184 Å². The smallest absolute Gasteiger partial charge is 0.328 e. The number of hydrogen-bond donors (Lipinski definition) is 16. The summed E-state index contributed by atoms with van der Waals surface area (Å²) < 4.78 is 221. The first-order valence-electron chi connectivity index (χ1n) is 42.1. The van der Waals surface area contributed by atoms with Crippen LogP contribution in [0.4, 0.5) is 64.3 Å². The van der Waals surface area contributed by atoms with Gasteiger partial charge in [0.25, 0.3) is 11.1 Å². The third-order valence-electron chi connectivity index (χ3n) is 22.5. The van der Waals surface area contributed by atoms with Gasteiger partial charge in [-0.05, 0) is 147 Å². The number of H-pyrrole nitrogens is 6. The summed E-state index contributed by atoms with van der Waals surface area (Å²) in [6, 6.07) is 5.89. The molecule has 24 atom stereocenters. The van der Waals surface area contributed by atoms with Crippen LogP contribution in [0.25, 0.3) is 0 Å². The number of nitrogen functional groups attached to an aromatic ring is 2. The van der Waals surface area contributed by atoms with Crippen LogP contribution in [0.3, 0.4) is 0 Å². The van der Waals surface area contributed by atoms with Crippen molar-refractivity contribution in [2.45, 2.75) is 251 Å². The van der Waals surface area contributed by atoms with Crippen LogP contribution in [0.5, 0.6) is 0 Å². The number of halogens is 12. The molecule has 0 bridgehead atoms. The Labute approximate surface area is 837 Å². The molecule has 16 rings (SSSR count). The predicted octanol–water partition coefficient (Wildman–Crippen LogP) is 11.2. The molecule has 18 N–H and O–H groups in total. The first-order valence-corrected chi connectivity index (χ1v) is 46.2. The number of aromatic amines is 6. The maximum atomic E-state index is 14.3. The van der Waals surface area contributed by atoms with Gasteiger partial charge in [-0.1, -0.05) is 48.9 Å². The molecule has 8 aliphatic heterocycles. The highest BCUT2D eigenvalue weighted by Gasteiger charge is 2.54. The number of anilines is 2. The van der Waals surface area contributed by atoms with E-state index in [1.165, 1.54) is 99.7 Å². The van der Waals surface area contributed by atoms with Crippen LogP contribution in [0.15, 0.2) is 93.0 Å². The molecule has 38 nitrogen and oxygen atoms in total. The van der Waals surface area contributed by atoms with Crippen molar-refractivity contribution in [3.63, 3.8) is 0 Å². The second-order valence-corrected chi connectivity index (χ2v) is 38.9. The van der Waals surface area contributed by atoms with Gasteiger partial charge in [-0.3, -0.25) is 66.1 Å². The molecule has 8 aromatic heterocycles. The minimum absolute atomic E-state index is 0.00192. The Morgan fingerprint density at radius 3 is 0.936 bits per heavy atom. The monoisotopic (exact) mass is 2180 g/mol. The van der Waals surface area contributed by atoms with Crippen LogP contribution < -0.4 is 34.0 Å². The molecule has 8 aliphatic rings. The van der Waals surface area contributed by atoms with Crippen LogP contribution in [0.2, 0.25) is 0 Å². The van der Waals surface area contributed by atoms with Crippen molar-refractivity contribution in [1.29, 1.82) is 0 Å². The highest BCUT2D eigenvalue weighted by atomic mass is 32.1. The summed E-state index contributed by atoms with van der Waals surface area (Å²) in [5.41, 5.74) is -5.53. The highest BCUT2D eigenvalue weighted by Crippen LogP contribution is 2.48. The Hall–Kier alpha value is -7.84. The van der Waals surface area contributed by atoms with E-state index in [-0.39, 0.29) is 159 Å². The van der Waals surface area contributed by atoms with Crippen LogP contribution >= 0.6 is 122 Å². The van der Waals surface area contributed by atoms with Gasteiger partial charge in [0.05, 0.1) is 114 Å². The second kappa shape index (κ2) is 47.6. The minimum atomic E-state index is -1.87. The first kappa shape index (κ1) is 116. The zero-order valence-electron chi connectivity index (χ0n) is 75.2. The average Bonchev–Trinajstić information content (AvgIpc) is 1.63. The lowest BCUT2D eigenvalue weighted by molar-refractivity contribution is -0.0615. The Kier molecular flexibility index (Phi) is 39.3. The van der Waals surface area contributed by atoms with Gasteiger partial charge >= 0.3 is 11.4 Å². The molecule has 8 unspecified atom stereocenters. The SMILES string of the molecule is CC1(F)C[C@@H](CO)O[C@H]1n1cc(F)c(=O)[nH]c1=S.CC1(F)C[C@@H](CO)O[C@H]1n1cc(F)c(=S)[nH]c1=O.CC1(F)C[C@@H](CO)O[C@H]1n1cc(F)c(=S)[nH]c1=S.CC1(F)C[C@@H](CO)O[C@H]1n1cc(F)c(N)nc1=S.CC1(F)C[C@@H](CO)O[C@H]1n1ccc(=O)[nH]c1=S.CC1(F)C[C@@H](CO)O[C@H]1n1ccc(=S)[nH]c1=O.CC1(F)C[C@@H](CO)O[C@H]1n1ccc(=S)[nH]c1=S.CC1(F)C[C@@H](CO)O[C@H]1n1ccc(N)nc1=S. The van der Waals surface area contributed by atoms with Gasteiger partial charge in [-0.2, -0.15) is 9.37 Å². The van der Waals surface area contributed by atoms with E-state index in [4.69, 9.17) is 200 Å². The van der Waals surface area contributed by atoms with Crippen molar-refractivity contribution in [1.82, 2.24) is 76.4 Å². The number of aromatic nitrogens is 16. The molecule has 0 spiro atoms. The normalized spacial score (nSPS) is 32.3. The highest BCUT2D eigenvalue weighted by molar-refractivity contribution is 7.73. The van der Waals surface area contributed by atoms with Gasteiger partial charge in [0, 0.05) is 94.6 Å². The van der Waals surface area contributed by atoms with Crippen LogP contribution in [0, 0.1) is 70.5 Å². The lowest BCUT2D eigenvalue weighted by Crippen LogP contribution is -2.36. The van der Waals surface area contributed by atoms with Crippen molar-refractivity contribution >= 4 is 134 Å². The summed E-state index contributed by atoms with van der Waals surface area (Å²) in [7, 11) is 0. The largest absolute Gasteiger partial charge is 0.394 e. The van der Waals surface area contributed by atoms with Crippen LogP contribution in [0.1, 0.15) is 157 Å². The summed E-state index contributed by atoms with van der Waals surface area (Å²) in [6.07, 6.45) is -3.31. The molecule has 8 saturated heterocycles. The van der Waals surface area contributed by atoms with Gasteiger partial charge in [-0.25, -0.2) is 62.9 Å². The first-order chi connectivity index (χ1) is 65.1. The lowest BCUT2D eigenvalue weighted by atomic mass is 10.0. The van der Waals surface area contributed by atoms with E-state index in [0.717, 1.165) is 47.6 Å². The number of nitrogens with zero attached hydrogens (tertiary/aromatic N) is 10. The van der Waals surface area contributed by atoms with E-state index in [0.29, 0.717) is 9.41 Å². The Bertz CT molecular complexity index is 6130. The van der Waals surface area contributed by atoms with Crippen molar-refractivity contribution < 1.29 is 131 Å². The van der Waals surface area contributed by atoms with E-state index in [1.54, 1.807) is 18.5 Å². The molecule has 0 amide bonds. The zero-order chi connectivity index (χ0) is 105. The van der Waals surface area contributed by atoms with Crippen molar-refractivity contribution in [3.05, 3.63) is 186 Å². The van der Waals surface area contributed by atoms with Gasteiger partial charge in [0.2, 0.25) is 15.4 Å². The fourth-order valence-electron chi connectivity index (χ4n) is 16.0. The summed E-state index contributed by atoms with van der Waals surface area (Å²) in [6.45, 7) is 8.51. The molecule has 0 radical (unpaired) electrons. The standard InChI is InChI=1S/C10H13F2N3O2S.2C10H12F2N2O3S.C10H12F2N2O2S2.C10H14FN3O2S.2C10H13FN2O3S.C10H13FN2O2S2/c1-10(12)2-5(4-16)17-8(10)15-3-6(11)7(13)14-9(15)18;1-10(12)2-5(4-15)17-8(10)14-3-6(11)7(18)13-9(14)16;1-10(12)2-5(4-15)17-8(10)14-3-6(11)7(16)13-9(14)18;1-10(12)2-5(4-15)16-8(10)14-3-6(11)7(17)13-9(14)18;1-10(11)4-6(5-15)16-8(10)14-3-2-7(12)13-9(14)17;1-10(11)4-6(5-14)16-8(10)13-3-2-7(17)12-9(13)15;1-10(11)4-6(5-14)16-8(10)13-3-2-7(15)12-9(13)17;1-10(11)4-6(5-14)15-8(10)13-3-2-7(16)12-9(13)17/h3,5,8,16H,2,4H2,1H3,(H2,13,14,18);2*3,5,8,15H,2,4H2,1H3,(H,13,16,18);3,5,8,15H,2,4H2,1H3,(H,13,17,18);2-3,6,8,15H,4-5H2,1H3,(H2,12,13,17);2*2-3,6,8,14H,4-5H2,1H3,(H,12,15,17);2-3,6,8,14H,4-5H2,1H3,(H,12,16,17)/t4*5-,8+,10?;4*6-,8+,10?/m00000000/s1. The molecule has 140 heavy (non-hydrogen) atoms. The van der Waals surface area contributed by atoms with E-state index >= 15 is 0 Å². The number of ether oxygens (including phenoxy) is 8. The molecular weight excluding hydrogens is 2080 g/mol. The fraction of sp³-hybridized carbons (Fsp3) is 0.600. The number of alkyl halides is 8. The molecule has 0 saturated carbocycles. The van der Waals surface area contributed by atoms with Gasteiger partial charge in [-0.15, -0.1) is 0 Å². The number of aliphatic hydroxyl groups is 8. The van der Waals surface area contributed by atoms with E-state index in [9.17, 15) is 71.9 Å². The minimum Gasteiger partial charge on any atom is -0.394 e. The summed E-state index contributed by atoms with van der Waals surface area (Å²) >= 11 is 48.8. The maximum Gasteiger partial charge on any atom is 0.328 e. The van der Waals surface area contributed by atoms with E-state index in [1.807, 2.05) is 0 Å². The number of rotatable bonds is 16. The molecular formula is C80H102F12N18O20S10. The summed E-state index contributed by atoms with van der Waals surface area (Å²) in [4.78, 5) is 67.0. The topological polar surface area (TPSA) is 516 Å². The molecule has 8 fully saturated rings. The molecule has 8 aromatic rings. The van der Waals surface area contributed by atoms with Gasteiger partial charge < -0.3 is 100 Å². The van der Waals surface area contributed by atoms with Crippen LogP contribution in [-0.2, 0) is 37.9 Å². The Balaban J connectivity index is 0.000000179. The van der Waals surface area contributed by atoms with Crippen molar-refractivity contribution in [2.75, 3.05) is 64.3 Å². The van der Waals surface area contributed by atoms with Crippen molar-refractivity contribution in [3.8, 4) is 0 Å². The quantitative estimate of drug-likeness (QED) is 0.0315. The molecule has 776 valence electrons. The van der Waals surface area contributed by atoms with Gasteiger partial charge in [0.15, 0.2) is 138 Å². The second-order valence-electron chi connectivity index (χ2n) is 34.9. The number of nitrogens with two attached hydrogens (primary N) is 2. The summed E-state index contributed by atoms with van der Waals surface area (Å²) in [5.74, 6) is -3.47. The lowest BCUT2D eigenvalue weighted by Gasteiger charge is -2.23. The molecule has 60 heteroatoms. The predicted molar refractivity (Wildman–Crippen MR) is 500 cm³/mol. The molecule has 0 aliphatic carbocycles. The van der Waals surface area contributed by atoms with Gasteiger partial charge in [0.1, 0.15) is 24.4 Å². The maximum absolute atomic E-state index is 14.3.